The van der Waals surface area contributed by atoms with Crippen molar-refractivity contribution in [3.63, 3.8) is 0 Å². The zero-order valence-corrected chi connectivity index (χ0v) is 26.8. The highest BCUT2D eigenvalue weighted by Gasteiger charge is 2.22. The quantitative estimate of drug-likeness (QED) is 0.0757. The fraction of sp³-hybridized carbons (Fsp3) is 0.0645. The molecule has 0 atom stereocenters. The van der Waals surface area contributed by atoms with Crippen LogP contribution in [0.5, 0.6) is 11.5 Å². The molecule has 212 valence electrons. The van der Waals surface area contributed by atoms with Gasteiger partial charge in [-0.3, -0.25) is 4.79 Å². The van der Waals surface area contributed by atoms with Crippen LogP contribution in [0.3, 0.4) is 0 Å². The number of nitrogens with one attached hydrogen (secondary N) is 2. The van der Waals surface area contributed by atoms with Gasteiger partial charge in [0.1, 0.15) is 17.0 Å². The van der Waals surface area contributed by atoms with E-state index in [1.165, 1.54) is 19.4 Å². The molecule has 7 nitrogen and oxygen atoms in total. The third kappa shape index (κ3) is 6.24. The summed E-state index contributed by atoms with van der Waals surface area (Å²) in [6.07, 6.45) is 1.38. The van der Waals surface area contributed by atoms with Gasteiger partial charge in [-0.2, -0.15) is 5.10 Å². The lowest BCUT2D eigenvalue weighted by atomic mass is 10.0. The smallest absolute Gasteiger partial charge is 0.347 e. The fourth-order valence-corrected chi connectivity index (χ4v) is 6.15. The number of nitrogens with zero attached hydrogens (tertiary/aromatic N) is 1. The lowest BCUT2D eigenvalue weighted by molar-refractivity contribution is 0.0729. The number of fused-ring (bicyclic) bond motifs is 1. The minimum absolute atomic E-state index is 0.150. The summed E-state index contributed by atoms with van der Waals surface area (Å²) in [5, 5.41) is 5.90. The zero-order chi connectivity index (χ0) is 30.0. The first-order valence-corrected chi connectivity index (χ1v) is 14.8. The first kappa shape index (κ1) is 29.8. The normalized spacial score (nSPS) is 11.2. The van der Waals surface area contributed by atoms with Crippen molar-refractivity contribution in [2.45, 2.75) is 6.92 Å². The summed E-state index contributed by atoms with van der Waals surface area (Å²) in [5.74, 6) is -0.677. The lowest BCUT2D eigenvalue weighted by Gasteiger charge is -2.12. The number of hydrazone groups is 1. The van der Waals surface area contributed by atoms with Crippen LogP contribution >= 0.6 is 55.1 Å². The zero-order valence-electron chi connectivity index (χ0n) is 22.1. The molecular weight excluding hydrogens is 709 g/mol. The number of carbonyl (C=O) groups excluding carboxylic acids is 2. The highest BCUT2D eigenvalue weighted by Crippen LogP contribution is 2.37. The molecular formula is C31H21Br2Cl2N3O4. The number of halogens is 4. The van der Waals surface area contributed by atoms with E-state index in [2.05, 4.69) is 47.4 Å². The Labute approximate surface area is 268 Å². The summed E-state index contributed by atoms with van der Waals surface area (Å²) in [4.78, 5) is 29.7. The van der Waals surface area contributed by atoms with Crippen LogP contribution < -0.4 is 14.9 Å². The van der Waals surface area contributed by atoms with Gasteiger partial charge in [0.15, 0.2) is 5.75 Å². The molecule has 0 fully saturated rings. The Bertz CT molecular complexity index is 1890. The number of H-pyrrole nitrogens is 1. The van der Waals surface area contributed by atoms with Gasteiger partial charge in [-0.05, 0) is 71.4 Å². The van der Waals surface area contributed by atoms with Crippen LogP contribution in [-0.4, -0.2) is 30.2 Å². The minimum Gasteiger partial charge on any atom is -0.496 e. The van der Waals surface area contributed by atoms with Crippen molar-refractivity contribution in [1.29, 1.82) is 0 Å². The van der Waals surface area contributed by atoms with E-state index in [9.17, 15) is 9.59 Å². The average molecular weight is 730 g/mol. The molecule has 0 bridgehead atoms. The van der Waals surface area contributed by atoms with Crippen LogP contribution in [0.1, 0.15) is 32.0 Å². The molecule has 0 aliphatic carbocycles. The third-order valence-corrected chi connectivity index (χ3v) is 7.92. The van der Waals surface area contributed by atoms with E-state index < -0.39 is 11.9 Å². The number of benzene rings is 4. The fourth-order valence-electron chi connectivity index (χ4n) is 4.41. The Morgan fingerprint density at radius 1 is 1.00 bits per heavy atom. The van der Waals surface area contributed by atoms with Gasteiger partial charge < -0.3 is 14.5 Å². The van der Waals surface area contributed by atoms with Gasteiger partial charge in [0.05, 0.1) is 17.8 Å². The molecule has 0 unspecified atom stereocenters. The number of aryl methyl sites for hydroxylation is 1. The summed E-state index contributed by atoms with van der Waals surface area (Å²) < 4.78 is 12.2. The minimum atomic E-state index is -0.686. The maximum atomic E-state index is 13.4. The number of rotatable bonds is 7. The van der Waals surface area contributed by atoms with Gasteiger partial charge in [0.2, 0.25) is 0 Å². The first-order chi connectivity index (χ1) is 20.2. The molecule has 11 heteroatoms. The monoisotopic (exact) mass is 727 g/mol. The van der Waals surface area contributed by atoms with Crippen molar-refractivity contribution in [3.05, 3.63) is 114 Å². The number of aromatic nitrogens is 1. The van der Waals surface area contributed by atoms with Gasteiger partial charge >= 0.3 is 5.97 Å². The molecule has 0 aliphatic heterocycles. The molecule has 1 heterocycles. The Morgan fingerprint density at radius 2 is 1.79 bits per heavy atom. The Balaban J connectivity index is 1.46. The van der Waals surface area contributed by atoms with Crippen molar-refractivity contribution >= 4 is 84.1 Å². The van der Waals surface area contributed by atoms with Gasteiger partial charge in [-0.25, -0.2) is 10.2 Å². The van der Waals surface area contributed by atoms with Crippen LogP contribution in [0.15, 0.2) is 86.8 Å². The van der Waals surface area contributed by atoms with E-state index in [-0.39, 0.29) is 11.3 Å². The maximum absolute atomic E-state index is 13.4. The summed E-state index contributed by atoms with van der Waals surface area (Å²) >= 11 is 19.5. The standard InChI is InChI=1S/C31H21Br2Cl2N3O4/c1-16-7-9-25-21(11-16)27(20-5-3-4-6-24(20)35)28(37-25)30(39)38-36-15-17-12-18(32)13-23(33)29(17)42-31(40)22-14-19(34)8-10-26(22)41-2/h3-15,37H,1-2H3,(H,38,39). The molecule has 0 radical (unpaired) electrons. The lowest BCUT2D eigenvalue weighted by Crippen LogP contribution is -2.19. The van der Waals surface area contributed by atoms with Crippen molar-refractivity contribution in [2.75, 3.05) is 7.11 Å². The van der Waals surface area contributed by atoms with Crippen molar-refractivity contribution < 1.29 is 19.1 Å². The molecule has 1 aromatic heterocycles. The summed E-state index contributed by atoms with van der Waals surface area (Å²) in [6.45, 7) is 1.98. The molecule has 5 aromatic rings. The Kier molecular flexibility index (Phi) is 9.03. The second kappa shape index (κ2) is 12.7. The molecule has 5 rings (SSSR count). The predicted molar refractivity (Wildman–Crippen MR) is 173 cm³/mol. The highest BCUT2D eigenvalue weighted by molar-refractivity contribution is 9.11. The van der Waals surface area contributed by atoms with Crippen molar-refractivity contribution in [2.24, 2.45) is 5.10 Å². The number of carbonyl (C=O) groups is 2. The first-order valence-electron chi connectivity index (χ1n) is 12.4. The number of hydrogen-bond donors (Lipinski definition) is 2. The van der Waals surface area contributed by atoms with Crippen LogP contribution in [-0.2, 0) is 0 Å². The molecule has 4 aromatic carbocycles. The molecule has 2 N–H and O–H groups in total. The Morgan fingerprint density at radius 3 is 2.55 bits per heavy atom. The number of aromatic amines is 1. The molecule has 42 heavy (non-hydrogen) atoms. The number of methoxy groups -OCH3 is 1. The van der Waals surface area contributed by atoms with Crippen molar-refractivity contribution in [1.82, 2.24) is 10.4 Å². The second-order valence-corrected chi connectivity index (χ2v) is 11.8. The third-order valence-electron chi connectivity index (χ3n) is 6.31. The van der Waals surface area contributed by atoms with Crippen LogP contribution in [0, 0.1) is 6.92 Å². The maximum Gasteiger partial charge on any atom is 0.347 e. The summed E-state index contributed by atoms with van der Waals surface area (Å²) in [6, 6.07) is 21.3. The van der Waals surface area contributed by atoms with Gasteiger partial charge in [0, 0.05) is 42.1 Å². The van der Waals surface area contributed by atoms with Gasteiger partial charge in [0.25, 0.3) is 5.91 Å². The molecule has 0 saturated heterocycles. The molecule has 0 aliphatic rings. The van der Waals surface area contributed by atoms with E-state index in [4.69, 9.17) is 32.7 Å². The largest absolute Gasteiger partial charge is 0.496 e. The highest BCUT2D eigenvalue weighted by atomic mass is 79.9. The van der Waals surface area contributed by atoms with Crippen LogP contribution in [0.4, 0.5) is 0 Å². The van der Waals surface area contributed by atoms with Gasteiger partial charge in [-0.15, -0.1) is 0 Å². The molecule has 0 spiro atoms. The molecule has 0 saturated carbocycles. The van der Waals surface area contributed by atoms with E-state index in [0.717, 1.165) is 16.5 Å². The molecule has 1 amide bonds. The van der Waals surface area contributed by atoms with Crippen molar-refractivity contribution in [3.8, 4) is 22.6 Å². The Hall–Kier alpha value is -3.63. The number of hydrogen-bond acceptors (Lipinski definition) is 5. The number of amides is 1. The van der Waals surface area contributed by atoms with E-state index in [1.54, 1.807) is 30.3 Å². The van der Waals surface area contributed by atoms with E-state index in [1.807, 2.05) is 43.3 Å². The topological polar surface area (TPSA) is 92.8 Å². The summed E-state index contributed by atoms with van der Waals surface area (Å²) in [5.41, 5.74) is 6.64. The SMILES string of the molecule is COc1ccc(Cl)cc1C(=O)Oc1c(Br)cc(Br)cc1C=NNC(=O)c1[nH]c2ccc(C)cc2c1-c1ccccc1Cl. The second-order valence-electron chi connectivity index (χ2n) is 9.14. The van der Waals surface area contributed by atoms with Crippen LogP contribution in [0.2, 0.25) is 10.0 Å². The van der Waals surface area contributed by atoms with Crippen LogP contribution in [0.25, 0.3) is 22.0 Å². The summed E-state index contributed by atoms with van der Waals surface area (Å²) in [7, 11) is 1.45. The number of ether oxygens (including phenoxy) is 2. The van der Waals surface area contributed by atoms with Gasteiger partial charge in [-0.1, -0.05) is 69.0 Å². The number of esters is 1. The van der Waals surface area contributed by atoms with E-state index in [0.29, 0.717) is 47.1 Å². The average Bonchev–Trinajstić information content (AvgIpc) is 3.33. The van der Waals surface area contributed by atoms with E-state index >= 15 is 0 Å². The predicted octanol–water partition coefficient (Wildman–Crippen LogP) is 8.97.